The molecule has 0 saturated heterocycles. The van der Waals surface area contributed by atoms with Gasteiger partial charge in [-0.2, -0.15) is 0 Å². The average Bonchev–Trinajstić information content (AvgIpc) is 2.73. The minimum absolute atomic E-state index is 0.117. The Hall–Kier alpha value is -2.90. The molecule has 2 aromatic carbocycles. The van der Waals surface area contributed by atoms with Gasteiger partial charge in [0.25, 0.3) is 15.9 Å². The van der Waals surface area contributed by atoms with E-state index >= 15 is 0 Å². The molecule has 0 radical (unpaired) electrons. The van der Waals surface area contributed by atoms with E-state index in [4.69, 9.17) is 11.6 Å². The van der Waals surface area contributed by atoms with Crippen LogP contribution in [-0.4, -0.2) is 25.9 Å². The molecule has 1 aliphatic heterocycles. The number of aryl methyl sites for hydroxylation is 1. The van der Waals surface area contributed by atoms with E-state index in [9.17, 15) is 13.2 Å². The number of aromatic nitrogens is 1. The van der Waals surface area contributed by atoms with Crippen LogP contribution in [0.2, 0.25) is 5.02 Å². The molecule has 1 amide bonds. The van der Waals surface area contributed by atoms with Crippen LogP contribution < -0.4 is 9.62 Å². The van der Waals surface area contributed by atoms with Crippen LogP contribution in [0.25, 0.3) is 0 Å². The van der Waals surface area contributed by atoms with E-state index < -0.39 is 10.0 Å². The van der Waals surface area contributed by atoms with E-state index in [2.05, 4.69) is 9.71 Å². The average molecular weight is 428 g/mol. The first kappa shape index (κ1) is 19.4. The summed E-state index contributed by atoms with van der Waals surface area (Å²) in [5, 5.41) is 0.469. The van der Waals surface area contributed by atoms with Crippen LogP contribution >= 0.6 is 11.6 Å². The number of anilines is 2. The highest BCUT2D eigenvalue weighted by atomic mass is 35.5. The summed E-state index contributed by atoms with van der Waals surface area (Å²) in [7, 11) is -3.73. The molecule has 0 saturated carbocycles. The Morgan fingerprint density at radius 2 is 1.90 bits per heavy atom. The van der Waals surface area contributed by atoms with Gasteiger partial charge < -0.3 is 4.90 Å². The van der Waals surface area contributed by atoms with Gasteiger partial charge in [-0.1, -0.05) is 11.6 Å². The third-order valence-electron chi connectivity index (χ3n) is 4.73. The molecular weight excluding hydrogens is 410 g/mol. The molecule has 8 heteroatoms. The molecule has 6 nitrogen and oxygen atoms in total. The number of fused-ring (bicyclic) bond motifs is 1. The standard InChI is InChI=1S/C21H18ClN3O3S/c22-17-5-8-19(9-6-17)29(27,28)24-18-7-10-20-15(13-18)4-2-12-25(20)21(26)16-3-1-11-23-14-16/h1,3,5-11,13-14,24H,2,4,12H2. The van der Waals surface area contributed by atoms with E-state index in [1.807, 2.05) is 0 Å². The topological polar surface area (TPSA) is 79.4 Å². The lowest BCUT2D eigenvalue weighted by Gasteiger charge is -2.30. The van der Waals surface area contributed by atoms with Gasteiger partial charge in [-0.3, -0.25) is 14.5 Å². The van der Waals surface area contributed by atoms with Gasteiger partial charge in [-0.15, -0.1) is 0 Å². The first-order valence-corrected chi connectivity index (χ1v) is 10.9. The number of carbonyl (C=O) groups excluding carboxylic acids is 1. The third kappa shape index (κ3) is 4.11. The van der Waals surface area contributed by atoms with E-state index in [0.717, 1.165) is 24.1 Å². The molecule has 148 valence electrons. The molecule has 0 bridgehead atoms. The predicted molar refractivity (Wildman–Crippen MR) is 113 cm³/mol. The fraction of sp³-hybridized carbons (Fsp3) is 0.143. The number of carbonyl (C=O) groups is 1. The second-order valence-corrected chi connectivity index (χ2v) is 8.82. The summed E-state index contributed by atoms with van der Waals surface area (Å²) in [5.41, 5.74) is 2.69. The van der Waals surface area contributed by atoms with Crippen LogP contribution in [0.15, 0.2) is 71.9 Å². The lowest BCUT2D eigenvalue weighted by molar-refractivity contribution is 0.0984. The quantitative estimate of drug-likeness (QED) is 0.679. The Balaban J connectivity index is 1.60. The molecule has 0 fully saturated rings. The summed E-state index contributed by atoms with van der Waals surface area (Å²) in [4.78, 5) is 18.7. The molecule has 1 aliphatic rings. The van der Waals surface area contributed by atoms with Gasteiger partial charge in [0, 0.05) is 35.3 Å². The highest BCUT2D eigenvalue weighted by molar-refractivity contribution is 7.92. The molecule has 3 aromatic rings. The van der Waals surface area contributed by atoms with Crippen molar-refractivity contribution in [2.75, 3.05) is 16.2 Å². The van der Waals surface area contributed by atoms with E-state index in [1.165, 1.54) is 24.3 Å². The van der Waals surface area contributed by atoms with Crippen molar-refractivity contribution in [1.29, 1.82) is 0 Å². The number of halogens is 1. The van der Waals surface area contributed by atoms with Gasteiger partial charge in [-0.25, -0.2) is 8.42 Å². The molecular formula is C21H18ClN3O3S. The normalized spacial score (nSPS) is 13.6. The number of benzene rings is 2. The predicted octanol–water partition coefficient (Wildman–Crippen LogP) is 4.13. The second kappa shape index (κ2) is 7.85. The van der Waals surface area contributed by atoms with E-state index in [0.29, 0.717) is 22.8 Å². The number of hydrogen-bond acceptors (Lipinski definition) is 4. The molecule has 0 atom stereocenters. The fourth-order valence-corrected chi connectivity index (χ4v) is 4.52. The Morgan fingerprint density at radius 3 is 2.62 bits per heavy atom. The van der Waals surface area contributed by atoms with Crippen LogP contribution in [0.3, 0.4) is 0 Å². The highest BCUT2D eigenvalue weighted by Crippen LogP contribution is 2.31. The summed E-state index contributed by atoms with van der Waals surface area (Å²) in [6.45, 7) is 0.608. The highest BCUT2D eigenvalue weighted by Gasteiger charge is 2.24. The maximum absolute atomic E-state index is 12.9. The molecule has 29 heavy (non-hydrogen) atoms. The van der Waals surface area contributed by atoms with Crippen molar-refractivity contribution in [2.45, 2.75) is 17.7 Å². The summed E-state index contributed by atoms with van der Waals surface area (Å²) in [6, 6.07) is 14.7. The Morgan fingerprint density at radius 1 is 1.10 bits per heavy atom. The molecule has 4 rings (SSSR count). The lowest BCUT2D eigenvalue weighted by Crippen LogP contribution is -2.35. The monoisotopic (exact) mass is 427 g/mol. The summed E-state index contributed by atoms with van der Waals surface area (Å²) < 4.78 is 27.8. The number of nitrogens with one attached hydrogen (secondary N) is 1. The number of hydrogen-bond donors (Lipinski definition) is 1. The third-order valence-corrected chi connectivity index (χ3v) is 6.38. The van der Waals surface area contributed by atoms with Crippen LogP contribution in [0.4, 0.5) is 11.4 Å². The Bertz CT molecular complexity index is 1150. The summed E-state index contributed by atoms with van der Waals surface area (Å²) in [5.74, 6) is -0.117. The number of amides is 1. The van der Waals surface area contributed by atoms with Crippen molar-refractivity contribution in [3.63, 3.8) is 0 Å². The van der Waals surface area contributed by atoms with Gasteiger partial charge >= 0.3 is 0 Å². The van der Waals surface area contributed by atoms with Crippen LogP contribution in [-0.2, 0) is 16.4 Å². The number of pyridine rings is 1. The summed E-state index contributed by atoms with van der Waals surface area (Å²) in [6.07, 6.45) is 4.74. The number of sulfonamides is 1. The minimum atomic E-state index is -3.73. The zero-order chi connectivity index (χ0) is 20.4. The van der Waals surface area contributed by atoms with Crippen LogP contribution in [0.1, 0.15) is 22.3 Å². The molecule has 2 heterocycles. The Kier molecular flexibility index (Phi) is 5.25. The molecule has 0 unspecified atom stereocenters. The van der Waals surface area contributed by atoms with Gasteiger partial charge in [0.1, 0.15) is 0 Å². The summed E-state index contributed by atoms with van der Waals surface area (Å²) >= 11 is 5.83. The second-order valence-electron chi connectivity index (χ2n) is 6.70. The zero-order valence-electron chi connectivity index (χ0n) is 15.4. The molecule has 0 spiro atoms. The van der Waals surface area contributed by atoms with Crippen molar-refractivity contribution in [2.24, 2.45) is 0 Å². The molecule has 1 N–H and O–H groups in total. The fourth-order valence-electron chi connectivity index (χ4n) is 3.34. The lowest BCUT2D eigenvalue weighted by atomic mass is 10.0. The van der Waals surface area contributed by atoms with E-state index in [-0.39, 0.29) is 10.8 Å². The van der Waals surface area contributed by atoms with Gasteiger partial charge in [0.05, 0.1) is 10.5 Å². The number of nitrogens with zero attached hydrogens (tertiary/aromatic N) is 2. The first-order valence-electron chi connectivity index (χ1n) is 9.07. The molecule has 1 aromatic heterocycles. The van der Waals surface area contributed by atoms with Gasteiger partial charge in [-0.05, 0) is 73.0 Å². The smallest absolute Gasteiger partial charge is 0.261 e. The first-order chi connectivity index (χ1) is 13.9. The van der Waals surface area contributed by atoms with Crippen molar-refractivity contribution in [3.8, 4) is 0 Å². The van der Waals surface area contributed by atoms with Crippen molar-refractivity contribution in [1.82, 2.24) is 4.98 Å². The molecule has 0 aliphatic carbocycles. The maximum Gasteiger partial charge on any atom is 0.261 e. The zero-order valence-corrected chi connectivity index (χ0v) is 16.9. The van der Waals surface area contributed by atoms with Gasteiger partial charge in [0.2, 0.25) is 0 Å². The minimum Gasteiger partial charge on any atom is -0.308 e. The maximum atomic E-state index is 12.9. The SMILES string of the molecule is O=C(c1cccnc1)N1CCCc2cc(NS(=O)(=O)c3ccc(Cl)cc3)ccc21. The van der Waals surface area contributed by atoms with Crippen molar-refractivity contribution < 1.29 is 13.2 Å². The largest absolute Gasteiger partial charge is 0.308 e. The van der Waals surface area contributed by atoms with Crippen LogP contribution in [0, 0.1) is 0 Å². The van der Waals surface area contributed by atoms with Crippen molar-refractivity contribution in [3.05, 3.63) is 83.1 Å². The van der Waals surface area contributed by atoms with E-state index in [1.54, 1.807) is 47.6 Å². The van der Waals surface area contributed by atoms with Crippen molar-refractivity contribution >= 4 is 38.9 Å². The van der Waals surface area contributed by atoms with Gasteiger partial charge in [0.15, 0.2) is 0 Å². The van der Waals surface area contributed by atoms with Crippen LogP contribution in [0.5, 0.6) is 0 Å². The number of rotatable bonds is 4. The Labute approximate surface area is 174 Å².